The number of aryl methyl sites for hydroxylation is 1. The van der Waals surface area contributed by atoms with Crippen LogP contribution in [0.3, 0.4) is 0 Å². The van der Waals surface area contributed by atoms with Gasteiger partial charge in [0.15, 0.2) is 0 Å². The van der Waals surface area contributed by atoms with Crippen LogP contribution in [0.5, 0.6) is 0 Å². The van der Waals surface area contributed by atoms with E-state index in [0.29, 0.717) is 5.69 Å². The van der Waals surface area contributed by atoms with Gasteiger partial charge in [0.05, 0.1) is 5.56 Å². The molecule has 1 heterocycles. The summed E-state index contributed by atoms with van der Waals surface area (Å²) >= 11 is 0. The second-order valence-electron chi connectivity index (χ2n) is 4.32. The molecule has 1 nitrogen and oxygen atoms in total. The molecule has 0 bridgehead atoms. The van der Waals surface area contributed by atoms with Crippen molar-refractivity contribution < 1.29 is 17.6 Å². The summed E-state index contributed by atoms with van der Waals surface area (Å²) in [5.41, 5.74) is -0.658. The first-order valence-corrected chi connectivity index (χ1v) is 5.52. The fraction of sp³-hybridized carbons (Fsp3) is 0.500. The molecule has 0 atom stereocenters. The van der Waals surface area contributed by atoms with Crippen molar-refractivity contribution in [2.24, 2.45) is 0 Å². The van der Waals surface area contributed by atoms with Gasteiger partial charge in [-0.05, 0) is 37.5 Å². The zero-order valence-electron chi connectivity index (χ0n) is 9.44. The Bertz CT molecular complexity index is 419. The van der Waals surface area contributed by atoms with Gasteiger partial charge in [-0.1, -0.05) is 0 Å². The number of nitrogens with zero attached hydrogens (tertiary/aromatic N) is 1. The van der Waals surface area contributed by atoms with Gasteiger partial charge in [0.25, 0.3) is 0 Å². The van der Waals surface area contributed by atoms with Crippen LogP contribution < -0.4 is 4.90 Å². The van der Waals surface area contributed by atoms with E-state index in [9.17, 15) is 17.6 Å². The van der Waals surface area contributed by atoms with Gasteiger partial charge < -0.3 is 4.90 Å². The number of alkyl halides is 3. The second-order valence-corrected chi connectivity index (χ2v) is 4.32. The van der Waals surface area contributed by atoms with Crippen molar-refractivity contribution in [1.29, 1.82) is 0 Å². The van der Waals surface area contributed by atoms with Gasteiger partial charge in [-0.15, -0.1) is 0 Å². The van der Waals surface area contributed by atoms with Gasteiger partial charge in [-0.3, -0.25) is 0 Å². The number of hydrogen-bond acceptors (Lipinski definition) is 1. The first-order valence-electron chi connectivity index (χ1n) is 5.52. The lowest BCUT2D eigenvalue weighted by atomic mass is 10.1. The molecule has 0 unspecified atom stereocenters. The third kappa shape index (κ3) is 2.37. The summed E-state index contributed by atoms with van der Waals surface area (Å²) in [5, 5.41) is 0. The lowest BCUT2D eigenvalue weighted by Gasteiger charge is -2.20. The molecule has 0 aromatic heterocycles. The molecule has 17 heavy (non-hydrogen) atoms. The Labute approximate surface area is 97.0 Å². The molecule has 1 aliphatic rings. The molecule has 0 aliphatic carbocycles. The van der Waals surface area contributed by atoms with Gasteiger partial charge in [0, 0.05) is 18.8 Å². The molecule has 1 aliphatic heterocycles. The van der Waals surface area contributed by atoms with E-state index < -0.39 is 17.6 Å². The minimum Gasteiger partial charge on any atom is -0.372 e. The molecule has 2 rings (SSSR count). The van der Waals surface area contributed by atoms with Gasteiger partial charge >= 0.3 is 6.18 Å². The average molecular weight is 247 g/mol. The largest absolute Gasteiger partial charge is 0.419 e. The molecule has 5 heteroatoms. The maximum atomic E-state index is 13.4. The summed E-state index contributed by atoms with van der Waals surface area (Å²) in [5.74, 6) is -1.17. The Kier molecular flexibility index (Phi) is 3.02. The molecular weight excluding hydrogens is 234 g/mol. The fourth-order valence-electron chi connectivity index (χ4n) is 2.11. The molecule has 1 fully saturated rings. The monoisotopic (exact) mass is 247 g/mol. The molecule has 1 aromatic carbocycles. The van der Waals surface area contributed by atoms with Crippen LogP contribution >= 0.6 is 0 Å². The number of rotatable bonds is 1. The predicted molar refractivity (Wildman–Crippen MR) is 57.6 cm³/mol. The van der Waals surface area contributed by atoms with Crippen molar-refractivity contribution in [3.05, 3.63) is 29.1 Å². The van der Waals surface area contributed by atoms with E-state index in [1.165, 1.54) is 13.0 Å². The van der Waals surface area contributed by atoms with Crippen molar-refractivity contribution in [2.45, 2.75) is 25.9 Å². The van der Waals surface area contributed by atoms with E-state index in [-0.39, 0.29) is 5.56 Å². The molecule has 1 saturated heterocycles. The van der Waals surface area contributed by atoms with E-state index in [2.05, 4.69) is 0 Å². The van der Waals surface area contributed by atoms with Crippen LogP contribution in [0.2, 0.25) is 0 Å². The van der Waals surface area contributed by atoms with Gasteiger partial charge in [0.2, 0.25) is 0 Å². The zero-order valence-corrected chi connectivity index (χ0v) is 9.44. The lowest BCUT2D eigenvalue weighted by Crippen LogP contribution is -2.19. The minimum absolute atomic E-state index is 0.0433. The third-order valence-electron chi connectivity index (χ3n) is 3.02. The van der Waals surface area contributed by atoms with Gasteiger partial charge in [-0.25, -0.2) is 4.39 Å². The van der Waals surface area contributed by atoms with Crippen LogP contribution in [0.25, 0.3) is 0 Å². The van der Waals surface area contributed by atoms with E-state index in [4.69, 9.17) is 0 Å². The maximum absolute atomic E-state index is 13.4. The number of benzene rings is 1. The maximum Gasteiger partial charge on any atom is 0.419 e. The van der Waals surface area contributed by atoms with Gasteiger partial charge in [-0.2, -0.15) is 13.2 Å². The van der Waals surface area contributed by atoms with Crippen LogP contribution in [0.4, 0.5) is 23.2 Å². The topological polar surface area (TPSA) is 3.24 Å². The standard InChI is InChI=1S/C12H13F4N/c1-8-6-9(17-4-2-3-5-17)7-10(11(8)13)12(14,15)16/h6-7H,2-5H2,1H3. The Morgan fingerprint density at radius 1 is 1.12 bits per heavy atom. The zero-order chi connectivity index (χ0) is 12.6. The summed E-state index contributed by atoms with van der Waals surface area (Å²) in [6.45, 7) is 2.84. The molecule has 0 N–H and O–H groups in total. The van der Waals surface area contributed by atoms with E-state index in [1.54, 1.807) is 0 Å². The lowest BCUT2D eigenvalue weighted by molar-refractivity contribution is -0.140. The highest BCUT2D eigenvalue weighted by atomic mass is 19.4. The quantitative estimate of drug-likeness (QED) is 0.683. The predicted octanol–water partition coefficient (Wildman–Crippen LogP) is 3.75. The van der Waals surface area contributed by atoms with Crippen LogP contribution in [0, 0.1) is 12.7 Å². The highest BCUT2D eigenvalue weighted by Gasteiger charge is 2.35. The van der Waals surface area contributed by atoms with Crippen molar-refractivity contribution >= 4 is 5.69 Å². The van der Waals surface area contributed by atoms with Crippen LogP contribution in [-0.2, 0) is 6.18 Å². The Morgan fingerprint density at radius 2 is 1.71 bits per heavy atom. The molecule has 0 saturated carbocycles. The first kappa shape index (κ1) is 12.2. The minimum atomic E-state index is -4.63. The van der Waals surface area contributed by atoms with E-state index in [0.717, 1.165) is 32.0 Å². The molecule has 0 spiro atoms. The Hall–Kier alpha value is -1.26. The fourth-order valence-corrected chi connectivity index (χ4v) is 2.11. The summed E-state index contributed by atoms with van der Waals surface area (Å²) < 4.78 is 51.3. The van der Waals surface area contributed by atoms with E-state index in [1.807, 2.05) is 4.90 Å². The van der Waals surface area contributed by atoms with Crippen molar-refractivity contribution in [3.8, 4) is 0 Å². The van der Waals surface area contributed by atoms with Gasteiger partial charge in [0.1, 0.15) is 5.82 Å². The third-order valence-corrected chi connectivity index (χ3v) is 3.02. The molecule has 1 aromatic rings. The van der Waals surface area contributed by atoms with Crippen molar-refractivity contribution in [3.63, 3.8) is 0 Å². The number of anilines is 1. The highest BCUT2D eigenvalue weighted by molar-refractivity contribution is 5.53. The smallest absolute Gasteiger partial charge is 0.372 e. The van der Waals surface area contributed by atoms with Crippen LogP contribution in [0.15, 0.2) is 12.1 Å². The molecular formula is C12H13F4N. The summed E-state index contributed by atoms with van der Waals surface area (Å²) in [6.07, 6.45) is -2.69. The first-order chi connectivity index (χ1) is 7.89. The number of hydrogen-bond donors (Lipinski definition) is 0. The van der Waals surface area contributed by atoms with Crippen molar-refractivity contribution in [1.82, 2.24) is 0 Å². The number of halogens is 4. The Morgan fingerprint density at radius 3 is 2.24 bits per heavy atom. The summed E-state index contributed by atoms with van der Waals surface area (Å²) in [6, 6.07) is 2.39. The van der Waals surface area contributed by atoms with Crippen LogP contribution in [0.1, 0.15) is 24.0 Å². The summed E-state index contributed by atoms with van der Waals surface area (Å²) in [4.78, 5) is 1.86. The molecule has 0 amide bonds. The molecule has 0 radical (unpaired) electrons. The second kappa shape index (κ2) is 4.20. The SMILES string of the molecule is Cc1cc(N2CCCC2)cc(C(F)(F)F)c1F. The van der Waals surface area contributed by atoms with Crippen LogP contribution in [-0.4, -0.2) is 13.1 Å². The highest BCUT2D eigenvalue weighted by Crippen LogP contribution is 2.36. The molecule has 94 valence electrons. The Balaban J connectivity index is 2.45. The van der Waals surface area contributed by atoms with Crippen molar-refractivity contribution in [2.75, 3.05) is 18.0 Å². The normalized spacial score (nSPS) is 16.6. The average Bonchev–Trinajstić information content (AvgIpc) is 2.73. The summed E-state index contributed by atoms with van der Waals surface area (Å²) in [7, 11) is 0. The van der Waals surface area contributed by atoms with E-state index >= 15 is 0 Å².